The molecule has 0 saturated carbocycles. The number of hydrogen-bond acceptors (Lipinski definition) is 0. The van der Waals surface area contributed by atoms with Gasteiger partial charge in [0.2, 0.25) is 0 Å². The van der Waals surface area contributed by atoms with Crippen LogP contribution in [-0.2, 0) is 0 Å². The molecule has 0 saturated heterocycles. The van der Waals surface area contributed by atoms with Gasteiger partial charge in [0.1, 0.15) is 0 Å². The van der Waals surface area contributed by atoms with Crippen LogP contribution in [-0.4, -0.2) is 0.690 Å². The Kier molecular flexibility index (Phi) is 9.75. The molecule has 32 valence electrons. The molecule has 0 unspecified atom stereocenters. The fraction of sp³-hybridized carbons (Fsp3) is 0. The van der Waals surface area contributed by atoms with E-state index in [1.165, 1.54) is 0 Å². The molecule has 0 amide bonds. The molecule has 0 radical (unpaired) electrons. The van der Waals surface area contributed by atoms with Crippen molar-refractivity contribution in [2.24, 2.45) is 0 Å². The molecule has 0 aromatic rings. The minimum absolute atomic E-state index is 0. The van der Waals surface area contributed by atoms with E-state index in [1.807, 2.05) is 44.7 Å². The van der Waals surface area contributed by atoms with Crippen LogP contribution < -0.4 is 29.6 Å². The predicted octanol–water partition coefficient (Wildman–Crippen LogP) is -0.226. The first-order valence-electron chi connectivity index (χ1n) is 0.873. The molecule has 0 fully saturated rings. The van der Waals surface area contributed by atoms with Gasteiger partial charge in [0, 0.05) is 0 Å². The summed E-state index contributed by atoms with van der Waals surface area (Å²) in [5.41, 5.74) is 0. The molecular formula is BCl2I2Na. The van der Waals surface area contributed by atoms with Crippen molar-refractivity contribution in [1.29, 1.82) is 0 Å². The zero-order valence-electron chi connectivity index (χ0n) is 3.09. The van der Waals surface area contributed by atoms with Crippen molar-refractivity contribution >= 4 is 68.4 Å². The van der Waals surface area contributed by atoms with Crippen LogP contribution in [0.25, 0.3) is 0 Å². The van der Waals surface area contributed by atoms with Gasteiger partial charge in [-0.05, 0) is 0 Å². The van der Waals surface area contributed by atoms with Crippen LogP contribution >= 0.6 is 67.7 Å². The molecule has 0 aliphatic heterocycles. The SMILES string of the molecule is Cl[B-](Cl)(I)I.[Na+]. The molecule has 0 aliphatic carbocycles. The second-order valence-electron chi connectivity index (χ2n) is 0.495. The standard InChI is InChI=1S/BCl2I2.Na/c2-1(3,4)5;/q-1;+1. The quantitative estimate of drug-likeness (QED) is 0.415. The van der Waals surface area contributed by atoms with Gasteiger partial charge in [0.05, 0.1) is 0 Å². The summed E-state index contributed by atoms with van der Waals surface area (Å²) in [5, 5.41) is 0. The maximum Gasteiger partial charge on any atom is 1.00 e. The van der Waals surface area contributed by atoms with Crippen molar-refractivity contribution in [2.75, 3.05) is 0 Å². The van der Waals surface area contributed by atoms with Crippen molar-refractivity contribution < 1.29 is 29.6 Å². The summed E-state index contributed by atoms with van der Waals surface area (Å²) in [4.78, 5) is 0. The Morgan fingerprint density at radius 1 is 1.17 bits per heavy atom. The van der Waals surface area contributed by atoms with Crippen molar-refractivity contribution in [3.05, 3.63) is 0 Å². The molecule has 6 heavy (non-hydrogen) atoms. The van der Waals surface area contributed by atoms with Crippen LogP contribution in [0.15, 0.2) is 0 Å². The van der Waals surface area contributed by atoms with E-state index in [0.29, 0.717) is 0 Å². The van der Waals surface area contributed by atoms with Crippen molar-refractivity contribution in [2.45, 2.75) is 0 Å². The molecule has 0 aliphatic rings. The third-order valence-corrected chi connectivity index (χ3v) is 0. The Hall–Kier alpha value is 3.10. The van der Waals surface area contributed by atoms with E-state index in [-0.39, 0.29) is 29.6 Å². The van der Waals surface area contributed by atoms with E-state index in [1.54, 1.807) is 0 Å². The van der Waals surface area contributed by atoms with Gasteiger partial charge >= 0.3 is 29.6 Å². The van der Waals surface area contributed by atoms with Gasteiger partial charge in [-0.15, -0.1) is 0 Å². The first-order chi connectivity index (χ1) is 2.00. The summed E-state index contributed by atoms with van der Waals surface area (Å²) < 4.78 is -1.12. The molecule has 0 atom stereocenters. The van der Waals surface area contributed by atoms with Gasteiger partial charge in [-0.25, -0.2) is 0 Å². The normalized spacial score (nSPS) is 10.0. The van der Waals surface area contributed by atoms with Crippen LogP contribution in [0.1, 0.15) is 0 Å². The summed E-state index contributed by atoms with van der Waals surface area (Å²) >= 11 is 14.6. The molecule has 0 N–H and O–H groups in total. The maximum atomic E-state index is 5.33. The minimum Gasteiger partial charge on any atom is -0.343 e. The molecule has 0 nitrogen and oxygen atoms in total. The average Bonchev–Trinajstić information content (AvgIpc) is 0.722. The van der Waals surface area contributed by atoms with Crippen LogP contribution in [0.3, 0.4) is 0 Å². The molecule has 0 aromatic heterocycles. The molecular weight excluding hydrogens is 359 g/mol. The molecule has 0 aromatic carbocycles. The summed E-state index contributed by atoms with van der Waals surface area (Å²) in [5.74, 6) is 0. The van der Waals surface area contributed by atoms with Gasteiger partial charge in [0.15, 0.2) is 0 Å². The second kappa shape index (κ2) is 4.94. The fourth-order valence-electron chi connectivity index (χ4n) is 0. The van der Waals surface area contributed by atoms with Crippen molar-refractivity contribution in [1.82, 2.24) is 0 Å². The molecule has 0 rings (SSSR count). The minimum atomic E-state index is -1.12. The van der Waals surface area contributed by atoms with E-state index in [0.717, 1.165) is 0 Å². The van der Waals surface area contributed by atoms with Crippen molar-refractivity contribution in [3.63, 3.8) is 0 Å². The summed E-state index contributed by atoms with van der Waals surface area (Å²) in [6, 6.07) is 0. The van der Waals surface area contributed by atoms with Crippen molar-refractivity contribution in [3.8, 4) is 0 Å². The Morgan fingerprint density at radius 3 is 1.17 bits per heavy atom. The molecule has 0 spiro atoms. The first-order valence-corrected chi connectivity index (χ1v) is 4.24. The predicted molar refractivity (Wildman–Crippen MR) is 45.5 cm³/mol. The monoisotopic (exact) mass is 358 g/mol. The largest absolute Gasteiger partial charge is 1.00 e. The third kappa shape index (κ3) is 27.5. The molecule has 0 bridgehead atoms. The Balaban J connectivity index is 0. The van der Waals surface area contributed by atoms with Crippen LogP contribution in [0, 0.1) is 0 Å². The van der Waals surface area contributed by atoms with E-state index in [4.69, 9.17) is 22.9 Å². The average molecular weight is 359 g/mol. The van der Waals surface area contributed by atoms with Crippen LogP contribution in [0.2, 0.25) is 0 Å². The first kappa shape index (κ1) is 11.8. The second-order valence-corrected chi connectivity index (χ2v) is 11.1. The van der Waals surface area contributed by atoms with E-state index >= 15 is 0 Å². The van der Waals surface area contributed by atoms with Gasteiger partial charge < -0.3 is 22.9 Å². The summed E-state index contributed by atoms with van der Waals surface area (Å²) in [6.07, 6.45) is 0. The number of rotatable bonds is 0. The van der Waals surface area contributed by atoms with Gasteiger partial charge in [-0.2, -0.15) is 0 Å². The van der Waals surface area contributed by atoms with Crippen LogP contribution in [0.5, 0.6) is 0 Å². The fourth-order valence-corrected chi connectivity index (χ4v) is 0. The van der Waals surface area contributed by atoms with E-state index in [9.17, 15) is 0 Å². The van der Waals surface area contributed by atoms with E-state index < -0.39 is 0.690 Å². The zero-order valence-corrected chi connectivity index (χ0v) is 10.9. The Labute approximate surface area is 95.9 Å². The summed E-state index contributed by atoms with van der Waals surface area (Å²) in [7, 11) is 0. The van der Waals surface area contributed by atoms with Crippen LogP contribution in [0.4, 0.5) is 0 Å². The number of hydrogen-bond donors (Lipinski definition) is 0. The van der Waals surface area contributed by atoms with Gasteiger partial charge in [-0.3, -0.25) is 44.7 Å². The van der Waals surface area contributed by atoms with Gasteiger partial charge in [0.25, 0.3) is 0.690 Å². The third-order valence-electron chi connectivity index (χ3n) is 0. The molecule has 6 heteroatoms. The van der Waals surface area contributed by atoms with Gasteiger partial charge in [-0.1, -0.05) is 0 Å². The maximum absolute atomic E-state index is 5.33. The smallest absolute Gasteiger partial charge is 0.343 e. The Bertz CT molecular complexity index is 27.0. The van der Waals surface area contributed by atoms with E-state index in [2.05, 4.69) is 0 Å². The summed E-state index contributed by atoms with van der Waals surface area (Å²) in [6.45, 7) is 0. The topological polar surface area (TPSA) is 0 Å². The zero-order chi connectivity index (χ0) is 4.50. The Morgan fingerprint density at radius 2 is 1.17 bits per heavy atom. The molecule has 0 heterocycles. The number of halogens is 4.